The summed E-state index contributed by atoms with van der Waals surface area (Å²) in [6.07, 6.45) is 0. The van der Waals surface area contributed by atoms with E-state index in [2.05, 4.69) is 35.3 Å². The van der Waals surface area contributed by atoms with Crippen molar-refractivity contribution >= 4 is 17.8 Å². The fourth-order valence-electron chi connectivity index (χ4n) is 3.10. The molecule has 0 amide bonds. The van der Waals surface area contributed by atoms with E-state index in [1.165, 1.54) is 0 Å². The molecule has 0 aliphatic heterocycles. The quantitative estimate of drug-likeness (QED) is 0.309. The summed E-state index contributed by atoms with van der Waals surface area (Å²) in [4.78, 5) is 0. The van der Waals surface area contributed by atoms with E-state index in [0.29, 0.717) is 0 Å². The van der Waals surface area contributed by atoms with E-state index < -0.39 is 7.14 Å². The van der Waals surface area contributed by atoms with Crippen LogP contribution in [0.25, 0.3) is 0 Å². The molecule has 0 atom stereocenters. The summed E-state index contributed by atoms with van der Waals surface area (Å²) in [6.45, 7) is 0. The van der Waals surface area contributed by atoms with Crippen molar-refractivity contribution in [3.8, 4) is 35.3 Å². The predicted molar refractivity (Wildman–Crippen MR) is 133 cm³/mol. The molecule has 0 heterocycles. The monoisotopic (exact) mass is 426 g/mol. The highest BCUT2D eigenvalue weighted by Crippen LogP contribution is 2.41. The molecule has 2 heteroatoms. The van der Waals surface area contributed by atoms with Crippen LogP contribution < -0.4 is 10.6 Å². The van der Waals surface area contributed by atoms with E-state index in [4.69, 9.17) is 0 Å². The van der Waals surface area contributed by atoms with Gasteiger partial charge in [-0.25, -0.2) is 0 Å². The van der Waals surface area contributed by atoms with Gasteiger partial charge in [-0.05, 0) is 47.8 Å². The van der Waals surface area contributed by atoms with Crippen LogP contribution in [0.4, 0.5) is 0 Å². The van der Waals surface area contributed by atoms with E-state index in [1.54, 1.807) is 0 Å². The molecule has 150 valence electrons. The van der Waals surface area contributed by atoms with Gasteiger partial charge < -0.3 is 0 Å². The van der Waals surface area contributed by atoms with Gasteiger partial charge in [0.25, 0.3) is 0 Å². The third kappa shape index (κ3) is 5.28. The lowest BCUT2D eigenvalue weighted by molar-refractivity contribution is 0.593. The van der Waals surface area contributed by atoms with Gasteiger partial charge in [-0.3, -0.25) is 4.57 Å². The molecule has 4 aromatic carbocycles. The Morgan fingerprint density at radius 3 is 1.47 bits per heavy atom. The predicted octanol–water partition coefficient (Wildman–Crippen LogP) is 5.41. The first-order valence-corrected chi connectivity index (χ1v) is 11.9. The molecule has 0 aliphatic carbocycles. The molecule has 0 saturated carbocycles. The van der Waals surface area contributed by atoms with Gasteiger partial charge in [-0.2, -0.15) is 0 Å². The van der Waals surface area contributed by atoms with Crippen LogP contribution in [0.3, 0.4) is 0 Å². The lowest BCUT2D eigenvalue weighted by Crippen LogP contribution is -2.14. The Morgan fingerprint density at radius 1 is 0.469 bits per heavy atom. The highest BCUT2D eigenvalue weighted by Gasteiger charge is 2.24. The molecule has 0 radical (unpaired) electrons. The number of benzene rings is 4. The van der Waals surface area contributed by atoms with Crippen LogP contribution in [0.1, 0.15) is 16.7 Å². The van der Waals surface area contributed by atoms with Crippen LogP contribution in [0.2, 0.25) is 0 Å². The van der Waals surface area contributed by atoms with E-state index in [0.717, 1.165) is 27.3 Å². The highest BCUT2D eigenvalue weighted by atomic mass is 31.2. The maximum atomic E-state index is 14.0. The molecule has 0 unspecified atom stereocenters. The van der Waals surface area contributed by atoms with Gasteiger partial charge in [-0.1, -0.05) is 103 Å². The molecular formula is C30H19OP. The van der Waals surface area contributed by atoms with Gasteiger partial charge >= 0.3 is 0 Å². The summed E-state index contributed by atoms with van der Waals surface area (Å²) in [5.41, 5.74) is 5.60. The molecule has 4 rings (SSSR count). The second-order valence-corrected chi connectivity index (χ2v) is 9.44. The molecular weight excluding hydrogens is 407 g/mol. The zero-order chi connectivity index (χ0) is 22.1. The molecule has 0 aliphatic rings. The maximum absolute atomic E-state index is 14.0. The SMILES string of the molecule is O=P(C#Cc1cccc(C#CC#Cc2ccccc2)c1)(c1ccccc1)c1ccccc1. The van der Waals surface area contributed by atoms with Gasteiger partial charge in [-0.15, -0.1) is 0 Å². The van der Waals surface area contributed by atoms with Crippen molar-refractivity contribution in [1.29, 1.82) is 0 Å². The smallest absolute Gasteiger partial charge is 0.211 e. The van der Waals surface area contributed by atoms with Crippen molar-refractivity contribution in [3.05, 3.63) is 132 Å². The molecule has 4 aromatic rings. The minimum Gasteiger partial charge on any atom is -0.300 e. The number of hydrogen-bond acceptors (Lipinski definition) is 1. The minimum atomic E-state index is -3.08. The van der Waals surface area contributed by atoms with E-state index >= 15 is 0 Å². The molecule has 0 fully saturated rings. The fourth-order valence-corrected chi connectivity index (χ4v) is 5.13. The van der Waals surface area contributed by atoms with Crippen LogP contribution >= 0.6 is 7.14 Å². The first kappa shape index (κ1) is 21.0. The van der Waals surface area contributed by atoms with Crippen molar-refractivity contribution in [3.63, 3.8) is 0 Å². The van der Waals surface area contributed by atoms with Crippen LogP contribution in [0, 0.1) is 35.3 Å². The molecule has 0 N–H and O–H groups in total. The van der Waals surface area contributed by atoms with Crippen molar-refractivity contribution in [2.75, 3.05) is 0 Å². The Hall–Kier alpha value is -4.21. The van der Waals surface area contributed by atoms with Gasteiger partial charge in [0, 0.05) is 27.3 Å². The summed E-state index contributed by atoms with van der Waals surface area (Å²) in [5.74, 6) is 15.0. The van der Waals surface area contributed by atoms with Crippen molar-refractivity contribution < 1.29 is 4.57 Å². The van der Waals surface area contributed by atoms with E-state index in [9.17, 15) is 4.57 Å². The summed E-state index contributed by atoms with van der Waals surface area (Å²) < 4.78 is 14.0. The molecule has 1 nitrogen and oxygen atoms in total. The summed E-state index contributed by atoms with van der Waals surface area (Å²) in [7, 11) is -3.08. The minimum absolute atomic E-state index is 0.728. The van der Waals surface area contributed by atoms with E-state index in [-0.39, 0.29) is 0 Å². The molecule has 32 heavy (non-hydrogen) atoms. The Balaban J connectivity index is 1.64. The third-order valence-electron chi connectivity index (χ3n) is 4.71. The molecule has 0 bridgehead atoms. The number of rotatable bonds is 2. The molecule has 0 spiro atoms. The van der Waals surface area contributed by atoms with Crippen LogP contribution in [-0.2, 0) is 4.57 Å². The van der Waals surface area contributed by atoms with E-state index in [1.807, 2.05) is 115 Å². The Kier molecular flexibility index (Phi) is 6.71. The summed E-state index contributed by atoms with van der Waals surface area (Å²) in [6, 6.07) is 36.2. The van der Waals surface area contributed by atoms with Gasteiger partial charge in [0.15, 0.2) is 0 Å². The van der Waals surface area contributed by atoms with Crippen molar-refractivity contribution in [2.45, 2.75) is 0 Å². The standard InChI is InChI=1S/C30H19OP/c31-32(29-19-6-2-7-20-29,30-21-8-3-9-22-30)24-23-28-18-12-17-27(25-28)16-11-10-15-26-13-4-1-5-14-26/h1-9,12-14,17-22,25H. The zero-order valence-electron chi connectivity index (χ0n) is 17.3. The topological polar surface area (TPSA) is 17.1 Å². The normalized spacial score (nSPS) is 9.88. The fraction of sp³-hybridized carbons (Fsp3) is 0. The highest BCUT2D eigenvalue weighted by molar-refractivity contribution is 7.83. The Labute approximate surface area is 189 Å². The lowest BCUT2D eigenvalue weighted by Gasteiger charge is -2.12. The van der Waals surface area contributed by atoms with Gasteiger partial charge in [0.05, 0.1) is 0 Å². The third-order valence-corrected chi connectivity index (χ3v) is 7.19. The summed E-state index contributed by atoms with van der Waals surface area (Å²) in [5, 5.41) is 1.46. The molecule has 0 aromatic heterocycles. The Bertz CT molecular complexity index is 1390. The Morgan fingerprint density at radius 2 is 0.906 bits per heavy atom. The largest absolute Gasteiger partial charge is 0.300 e. The average Bonchev–Trinajstić information content (AvgIpc) is 2.87. The van der Waals surface area contributed by atoms with Gasteiger partial charge in [0.1, 0.15) is 0 Å². The first-order chi connectivity index (χ1) is 15.7. The van der Waals surface area contributed by atoms with Gasteiger partial charge in [0.2, 0.25) is 7.14 Å². The maximum Gasteiger partial charge on any atom is 0.211 e. The van der Waals surface area contributed by atoms with Crippen molar-refractivity contribution in [1.82, 2.24) is 0 Å². The van der Waals surface area contributed by atoms with Crippen LogP contribution in [0.15, 0.2) is 115 Å². The first-order valence-electron chi connectivity index (χ1n) is 10.2. The van der Waals surface area contributed by atoms with Crippen LogP contribution in [0.5, 0.6) is 0 Å². The zero-order valence-corrected chi connectivity index (χ0v) is 18.2. The average molecular weight is 426 g/mol. The second kappa shape index (κ2) is 10.2. The summed E-state index contributed by atoms with van der Waals surface area (Å²) >= 11 is 0. The molecule has 0 saturated heterocycles. The van der Waals surface area contributed by atoms with Crippen molar-refractivity contribution in [2.24, 2.45) is 0 Å². The lowest BCUT2D eigenvalue weighted by atomic mass is 10.1. The second-order valence-electron chi connectivity index (χ2n) is 6.96. The number of hydrogen-bond donors (Lipinski definition) is 0. The van der Waals surface area contributed by atoms with Crippen LogP contribution in [-0.4, -0.2) is 0 Å².